The van der Waals surface area contributed by atoms with Crippen LogP contribution in [0.1, 0.15) is 32.6 Å². The monoisotopic (exact) mass is 337 g/mol. The number of nitrogens with one attached hydrogen (secondary N) is 1. The third-order valence-electron chi connectivity index (χ3n) is 3.00. The van der Waals surface area contributed by atoms with Gasteiger partial charge in [0.2, 0.25) is 0 Å². The van der Waals surface area contributed by atoms with E-state index in [0.29, 0.717) is 11.4 Å². The average molecular weight is 337 g/mol. The summed E-state index contributed by atoms with van der Waals surface area (Å²) in [5.41, 5.74) is 0.363. The highest BCUT2D eigenvalue weighted by molar-refractivity contribution is 7.16. The van der Waals surface area contributed by atoms with Crippen molar-refractivity contribution in [2.45, 2.75) is 19.9 Å². The van der Waals surface area contributed by atoms with Gasteiger partial charge in [0.1, 0.15) is 17.2 Å². The van der Waals surface area contributed by atoms with Gasteiger partial charge in [-0.2, -0.15) is 5.10 Å². The Morgan fingerprint density at radius 2 is 2.17 bits per heavy atom. The zero-order chi connectivity index (χ0) is 17.0. The minimum atomic E-state index is -1.11. The first-order valence-corrected chi connectivity index (χ1v) is 7.53. The van der Waals surface area contributed by atoms with Crippen molar-refractivity contribution in [2.24, 2.45) is 0 Å². The number of nitrogens with zero attached hydrogens (tertiary/aromatic N) is 2. The van der Waals surface area contributed by atoms with E-state index >= 15 is 0 Å². The summed E-state index contributed by atoms with van der Waals surface area (Å²) in [6.45, 7) is 1.50. The number of carbonyl (C=O) groups excluding carboxylic acids is 2. The summed E-state index contributed by atoms with van der Waals surface area (Å²) < 4.78 is 5.78. The van der Waals surface area contributed by atoms with Crippen molar-refractivity contribution in [2.75, 3.05) is 12.4 Å². The highest BCUT2D eigenvalue weighted by Gasteiger charge is 2.20. The molecular formula is C14H15N3O5S. The smallest absolute Gasteiger partial charge is 0.340 e. The fourth-order valence-electron chi connectivity index (χ4n) is 1.92. The molecule has 23 heavy (non-hydrogen) atoms. The van der Waals surface area contributed by atoms with E-state index in [4.69, 9.17) is 9.84 Å². The molecule has 0 bridgehead atoms. The first kappa shape index (κ1) is 16.7. The van der Waals surface area contributed by atoms with E-state index in [-0.39, 0.29) is 11.3 Å². The normalized spacial score (nSPS) is 10.3. The number of carbonyl (C=O) groups is 3. The van der Waals surface area contributed by atoms with Gasteiger partial charge in [-0.25, -0.2) is 9.48 Å². The number of aryl methyl sites for hydroxylation is 1. The summed E-state index contributed by atoms with van der Waals surface area (Å²) in [6.07, 6.45) is 2.05. The van der Waals surface area contributed by atoms with Crippen LogP contribution < -0.4 is 5.32 Å². The number of esters is 1. The predicted octanol–water partition coefficient (Wildman–Crippen LogP) is 1.63. The molecule has 8 nitrogen and oxygen atoms in total. The van der Waals surface area contributed by atoms with Gasteiger partial charge >= 0.3 is 11.9 Å². The molecule has 0 aliphatic rings. The first-order chi connectivity index (χ1) is 11.0. The lowest BCUT2D eigenvalue weighted by Crippen LogP contribution is -2.21. The third kappa shape index (κ3) is 3.75. The maximum atomic E-state index is 12.3. The summed E-state index contributed by atoms with van der Waals surface area (Å²) >= 11 is 1.27. The van der Waals surface area contributed by atoms with Crippen molar-refractivity contribution in [1.29, 1.82) is 0 Å². The van der Waals surface area contributed by atoms with Crippen molar-refractivity contribution in [3.05, 3.63) is 34.5 Å². The molecule has 0 aliphatic carbocycles. The third-order valence-corrected chi connectivity index (χ3v) is 4.19. The molecule has 0 aromatic carbocycles. The molecule has 2 aromatic heterocycles. The van der Waals surface area contributed by atoms with E-state index in [9.17, 15) is 14.4 Å². The van der Waals surface area contributed by atoms with Crippen LogP contribution in [0.3, 0.4) is 0 Å². The average Bonchev–Trinajstić information content (AvgIpc) is 3.12. The first-order valence-electron chi connectivity index (χ1n) is 6.72. The molecule has 0 radical (unpaired) electrons. The lowest BCUT2D eigenvalue weighted by molar-refractivity contribution is -0.137. The second-order valence-electron chi connectivity index (χ2n) is 4.52. The number of hydrogen-bond acceptors (Lipinski definition) is 6. The minimum Gasteiger partial charge on any atom is -0.480 e. The van der Waals surface area contributed by atoms with Gasteiger partial charge in [-0.3, -0.25) is 9.59 Å². The molecule has 0 saturated carbocycles. The van der Waals surface area contributed by atoms with Crippen LogP contribution >= 0.6 is 11.3 Å². The van der Waals surface area contributed by atoms with Gasteiger partial charge in [-0.1, -0.05) is 6.92 Å². The van der Waals surface area contributed by atoms with Gasteiger partial charge in [0.25, 0.3) is 5.91 Å². The number of carboxylic acids is 1. The number of aromatic nitrogens is 2. The highest BCUT2D eigenvalue weighted by atomic mass is 32.1. The lowest BCUT2D eigenvalue weighted by atomic mass is 10.2. The highest BCUT2D eigenvalue weighted by Crippen LogP contribution is 2.29. The topological polar surface area (TPSA) is 111 Å². The van der Waals surface area contributed by atoms with Crippen molar-refractivity contribution in [1.82, 2.24) is 9.78 Å². The van der Waals surface area contributed by atoms with Crippen LogP contribution in [0, 0.1) is 0 Å². The zero-order valence-corrected chi connectivity index (χ0v) is 13.3. The van der Waals surface area contributed by atoms with Crippen LogP contribution in [-0.2, 0) is 22.5 Å². The molecule has 1 amide bonds. The van der Waals surface area contributed by atoms with Gasteiger partial charge in [0, 0.05) is 11.1 Å². The number of anilines is 1. The Balaban J connectivity index is 2.27. The number of aliphatic carboxylic acids is 1. The molecule has 2 N–H and O–H groups in total. The van der Waals surface area contributed by atoms with E-state index in [1.165, 1.54) is 30.7 Å². The molecule has 0 aliphatic heterocycles. The Kier molecular flexibility index (Phi) is 5.12. The van der Waals surface area contributed by atoms with Gasteiger partial charge in [0.15, 0.2) is 0 Å². The summed E-state index contributed by atoms with van der Waals surface area (Å²) in [5, 5.41) is 15.6. The molecule has 0 saturated heterocycles. The largest absolute Gasteiger partial charge is 0.480 e. The molecule has 0 unspecified atom stereocenters. The van der Waals surface area contributed by atoms with Crippen LogP contribution in [-0.4, -0.2) is 39.8 Å². The molecule has 2 heterocycles. The van der Waals surface area contributed by atoms with E-state index in [2.05, 4.69) is 10.4 Å². The zero-order valence-electron chi connectivity index (χ0n) is 12.5. The minimum absolute atomic E-state index is 0.0923. The Hall–Kier alpha value is -2.68. The van der Waals surface area contributed by atoms with Crippen LogP contribution in [0.4, 0.5) is 5.00 Å². The second-order valence-corrected chi connectivity index (χ2v) is 5.66. The van der Waals surface area contributed by atoms with Crippen LogP contribution in [0.15, 0.2) is 18.3 Å². The maximum absolute atomic E-state index is 12.3. The van der Waals surface area contributed by atoms with E-state index in [1.807, 2.05) is 6.92 Å². The second kappa shape index (κ2) is 7.05. The molecule has 0 atom stereocenters. The lowest BCUT2D eigenvalue weighted by Gasteiger charge is -2.06. The SMILES string of the molecule is CCc1cc(C(=O)OC)c(NC(=O)c2ccnn2CC(=O)O)s1. The van der Waals surface area contributed by atoms with Crippen molar-refractivity contribution >= 4 is 34.2 Å². The summed E-state index contributed by atoms with van der Waals surface area (Å²) in [6, 6.07) is 3.07. The summed E-state index contributed by atoms with van der Waals surface area (Å²) in [7, 11) is 1.26. The standard InChI is InChI=1S/C14H15N3O5S/c1-3-8-6-9(14(21)22-2)13(23-8)16-12(20)10-4-5-15-17(10)7-11(18)19/h4-6H,3,7H2,1-2H3,(H,16,20)(H,18,19). The Morgan fingerprint density at radius 3 is 2.78 bits per heavy atom. The number of thiophene rings is 1. The number of methoxy groups -OCH3 is 1. The van der Waals surface area contributed by atoms with Gasteiger partial charge in [0.05, 0.1) is 12.7 Å². The molecule has 0 spiro atoms. The Morgan fingerprint density at radius 1 is 1.43 bits per heavy atom. The van der Waals surface area contributed by atoms with Crippen molar-refractivity contribution in [3.63, 3.8) is 0 Å². The Bertz CT molecular complexity index is 749. The number of rotatable bonds is 6. The van der Waals surface area contributed by atoms with E-state index in [1.54, 1.807) is 6.07 Å². The number of hydrogen-bond donors (Lipinski definition) is 2. The number of ether oxygens (including phenoxy) is 1. The molecule has 0 fully saturated rings. The fourth-order valence-corrected chi connectivity index (χ4v) is 2.90. The van der Waals surface area contributed by atoms with E-state index in [0.717, 1.165) is 9.56 Å². The number of amides is 1. The van der Waals surface area contributed by atoms with Gasteiger partial charge in [-0.15, -0.1) is 11.3 Å². The van der Waals surface area contributed by atoms with Crippen molar-refractivity contribution < 1.29 is 24.2 Å². The molecule has 122 valence electrons. The quantitative estimate of drug-likeness (QED) is 0.775. The van der Waals surface area contributed by atoms with Crippen molar-refractivity contribution in [3.8, 4) is 0 Å². The summed E-state index contributed by atoms with van der Waals surface area (Å²) in [5.74, 6) is -2.20. The molecule has 2 aromatic rings. The van der Waals surface area contributed by atoms with Gasteiger partial charge in [-0.05, 0) is 18.6 Å². The van der Waals surface area contributed by atoms with Crippen LogP contribution in [0.2, 0.25) is 0 Å². The fraction of sp³-hybridized carbons (Fsp3) is 0.286. The number of carboxylic acid groups (broad SMARTS) is 1. The predicted molar refractivity (Wildman–Crippen MR) is 82.9 cm³/mol. The van der Waals surface area contributed by atoms with E-state index < -0.39 is 24.4 Å². The van der Waals surface area contributed by atoms with Crippen LogP contribution in [0.5, 0.6) is 0 Å². The molecule has 2 rings (SSSR count). The molecule has 9 heteroatoms. The van der Waals surface area contributed by atoms with Gasteiger partial charge < -0.3 is 15.2 Å². The summed E-state index contributed by atoms with van der Waals surface area (Å²) in [4.78, 5) is 35.8. The van der Waals surface area contributed by atoms with Crippen LogP contribution in [0.25, 0.3) is 0 Å². The Labute approximate surface area is 135 Å². The molecular weight excluding hydrogens is 322 g/mol. The maximum Gasteiger partial charge on any atom is 0.340 e.